The van der Waals surface area contributed by atoms with Gasteiger partial charge in [-0.3, -0.25) is 5.10 Å². The molecule has 5 rings (SSSR count). The van der Waals surface area contributed by atoms with Crippen molar-refractivity contribution in [1.29, 1.82) is 0 Å². The van der Waals surface area contributed by atoms with Crippen LogP contribution in [0.25, 0.3) is 10.2 Å². The molecule has 2 aliphatic heterocycles. The summed E-state index contributed by atoms with van der Waals surface area (Å²) in [6.45, 7) is 1.96. The first-order valence-corrected chi connectivity index (χ1v) is 9.19. The molecule has 5 heterocycles. The standard InChI is InChI=1S/C16H19N7S.ClH/c1-8-6-13(23-22-8)20-15-14-11(4-5-24-14)18-16(21-15)19-12-7-9-2-3-10(12)17-9;/h4-6,9-10,12,17H,2-3,7H2,1H3,(H3,18,19,20,21,22,23);1H. The first-order valence-electron chi connectivity index (χ1n) is 8.31. The lowest BCUT2D eigenvalue weighted by Crippen LogP contribution is -2.34. The van der Waals surface area contributed by atoms with Crippen molar-refractivity contribution in [1.82, 2.24) is 25.5 Å². The third kappa shape index (κ3) is 3.05. The van der Waals surface area contributed by atoms with Crippen LogP contribution in [0, 0.1) is 6.92 Å². The lowest BCUT2D eigenvalue weighted by Gasteiger charge is -2.21. The maximum absolute atomic E-state index is 4.73. The highest BCUT2D eigenvalue weighted by atomic mass is 35.5. The molecule has 3 atom stereocenters. The fraction of sp³-hybridized carbons (Fsp3) is 0.438. The van der Waals surface area contributed by atoms with Gasteiger partial charge in [0, 0.05) is 24.2 Å². The van der Waals surface area contributed by atoms with Crippen molar-refractivity contribution in [3.8, 4) is 0 Å². The average Bonchev–Trinajstić information content (AvgIpc) is 3.31. The molecule has 3 unspecified atom stereocenters. The Hall–Kier alpha value is -1.90. The molecule has 132 valence electrons. The molecule has 9 heteroatoms. The Morgan fingerprint density at radius 2 is 2.20 bits per heavy atom. The van der Waals surface area contributed by atoms with E-state index in [-0.39, 0.29) is 12.4 Å². The molecule has 0 amide bonds. The van der Waals surface area contributed by atoms with Crippen LogP contribution in [0.1, 0.15) is 25.0 Å². The number of aromatic nitrogens is 4. The van der Waals surface area contributed by atoms with E-state index in [2.05, 4.69) is 31.1 Å². The van der Waals surface area contributed by atoms with Gasteiger partial charge in [-0.1, -0.05) is 0 Å². The van der Waals surface area contributed by atoms with Crippen LogP contribution in [-0.4, -0.2) is 38.3 Å². The maximum atomic E-state index is 4.73. The lowest BCUT2D eigenvalue weighted by molar-refractivity contribution is 0.525. The highest BCUT2D eigenvalue weighted by molar-refractivity contribution is 7.17. The summed E-state index contributed by atoms with van der Waals surface area (Å²) in [5.74, 6) is 2.35. The average molecular weight is 378 g/mol. The number of thiophene rings is 1. The predicted molar refractivity (Wildman–Crippen MR) is 103 cm³/mol. The first-order chi connectivity index (χ1) is 11.7. The van der Waals surface area contributed by atoms with Crippen LogP contribution >= 0.6 is 23.7 Å². The van der Waals surface area contributed by atoms with Crippen molar-refractivity contribution < 1.29 is 0 Å². The quantitative estimate of drug-likeness (QED) is 0.558. The fourth-order valence-electron chi connectivity index (χ4n) is 3.78. The highest BCUT2D eigenvalue weighted by Crippen LogP contribution is 2.32. The van der Waals surface area contributed by atoms with E-state index in [1.165, 1.54) is 12.8 Å². The van der Waals surface area contributed by atoms with Crippen molar-refractivity contribution in [3.63, 3.8) is 0 Å². The maximum Gasteiger partial charge on any atom is 0.225 e. The number of rotatable bonds is 4. The monoisotopic (exact) mass is 377 g/mol. The number of aryl methyl sites for hydroxylation is 1. The second-order valence-corrected chi connectivity index (χ2v) is 7.53. The largest absolute Gasteiger partial charge is 0.350 e. The number of H-pyrrole nitrogens is 1. The Balaban J connectivity index is 0.00000157. The number of halogens is 1. The molecule has 0 radical (unpaired) electrons. The second kappa shape index (κ2) is 6.44. The molecule has 3 aromatic rings. The summed E-state index contributed by atoms with van der Waals surface area (Å²) in [4.78, 5) is 9.41. The lowest BCUT2D eigenvalue weighted by atomic mass is 9.96. The van der Waals surface area contributed by atoms with Crippen LogP contribution in [0.2, 0.25) is 0 Å². The van der Waals surface area contributed by atoms with E-state index < -0.39 is 0 Å². The molecule has 0 aliphatic carbocycles. The highest BCUT2D eigenvalue weighted by Gasteiger charge is 2.39. The number of fused-ring (bicyclic) bond motifs is 3. The van der Waals surface area contributed by atoms with Crippen LogP contribution in [-0.2, 0) is 0 Å². The van der Waals surface area contributed by atoms with Gasteiger partial charge in [-0.15, -0.1) is 23.7 Å². The van der Waals surface area contributed by atoms with E-state index in [4.69, 9.17) is 4.98 Å². The SMILES string of the molecule is Cc1cc(Nc2nc(NC3CC4CCC3N4)nc3ccsc23)[nH]n1.Cl. The van der Waals surface area contributed by atoms with Gasteiger partial charge in [-0.25, -0.2) is 4.98 Å². The molecule has 7 nitrogen and oxygen atoms in total. The molecule has 2 fully saturated rings. The van der Waals surface area contributed by atoms with E-state index in [0.29, 0.717) is 24.1 Å². The van der Waals surface area contributed by atoms with Gasteiger partial charge in [-0.2, -0.15) is 10.1 Å². The molecule has 2 bridgehead atoms. The number of hydrogen-bond acceptors (Lipinski definition) is 7. The molecule has 2 saturated heterocycles. The van der Waals surface area contributed by atoms with Crippen LogP contribution < -0.4 is 16.0 Å². The fourth-order valence-corrected chi connectivity index (χ4v) is 4.55. The Morgan fingerprint density at radius 1 is 1.28 bits per heavy atom. The number of anilines is 3. The third-order valence-electron chi connectivity index (χ3n) is 4.88. The van der Waals surface area contributed by atoms with E-state index in [1.54, 1.807) is 11.3 Å². The van der Waals surface area contributed by atoms with Gasteiger partial charge in [0.1, 0.15) is 5.82 Å². The zero-order valence-corrected chi connectivity index (χ0v) is 15.4. The molecular formula is C16H20ClN7S. The Morgan fingerprint density at radius 3 is 2.92 bits per heavy atom. The van der Waals surface area contributed by atoms with Crippen LogP contribution in [0.15, 0.2) is 17.5 Å². The number of hydrogen-bond donors (Lipinski definition) is 4. The van der Waals surface area contributed by atoms with Gasteiger partial charge in [0.05, 0.1) is 15.9 Å². The smallest absolute Gasteiger partial charge is 0.225 e. The topological polar surface area (TPSA) is 90.5 Å². The van der Waals surface area contributed by atoms with Gasteiger partial charge in [0.2, 0.25) is 5.95 Å². The van der Waals surface area contributed by atoms with Crippen molar-refractivity contribution in [2.45, 2.75) is 44.3 Å². The van der Waals surface area contributed by atoms with Crippen molar-refractivity contribution in [2.24, 2.45) is 0 Å². The Labute approximate surface area is 155 Å². The van der Waals surface area contributed by atoms with Gasteiger partial charge in [0.15, 0.2) is 5.82 Å². The van der Waals surface area contributed by atoms with E-state index in [9.17, 15) is 0 Å². The summed E-state index contributed by atoms with van der Waals surface area (Å²) in [5.41, 5.74) is 1.91. The van der Waals surface area contributed by atoms with Gasteiger partial charge >= 0.3 is 0 Å². The predicted octanol–water partition coefficient (Wildman–Crippen LogP) is 3.19. The summed E-state index contributed by atoms with van der Waals surface area (Å²) in [5, 5.41) is 19.7. The first kappa shape index (κ1) is 16.6. The van der Waals surface area contributed by atoms with E-state index >= 15 is 0 Å². The zero-order chi connectivity index (χ0) is 16.1. The summed E-state index contributed by atoms with van der Waals surface area (Å²) >= 11 is 1.64. The molecule has 0 saturated carbocycles. The zero-order valence-electron chi connectivity index (χ0n) is 13.7. The van der Waals surface area contributed by atoms with Crippen LogP contribution in [0.3, 0.4) is 0 Å². The van der Waals surface area contributed by atoms with Crippen molar-refractivity contribution >= 4 is 51.5 Å². The summed E-state index contributed by atoms with van der Waals surface area (Å²) in [6, 6.07) is 5.62. The normalized spacial score (nSPS) is 24.4. The van der Waals surface area contributed by atoms with Gasteiger partial charge in [0.25, 0.3) is 0 Å². The third-order valence-corrected chi connectivity index (χ3v) is 5.79. The van der Waals surface area contributed by atoms with E-state index in [1.807, 2.05) is 24.4 Å². The molecule has 2 aliphatic rings. The number of aromatic amines is 1. The van der Waals surface area contributed by atoms with E-state index in [0.717, 1.165) is 34.0 Å². The second-order valence-electron chi connectivity index (χ2n) is 6.61. The molecular weight excluding hydrogens is 358 g/mol. The van der Waals surface area contributed by atoms with Crippen LogP contribution in [0.5, 0.6) is 0 Å². The molecule has 4 N–H and O–H groups in total. The van der Waals surface area contributed by atoms with Crippen molar-refractivity contribution in [3.05, 3.63) is 23.2 Å². The molecule has 0 aromatic carbocycles. The van der Waals surface area contributed by atoms with Gasteiger partial charge in [-0.05, 0) is 37.6 Å². The minimum Gasteiger partial charge on any atom is -0.350 e. The minimum atomic E-state index is 0. The Bertz CT molecular complexity index is 892. The number of nitrogens with zero attached hydrogens (tertiary/aromatic N) is 3. The molecule has 3 aromatic heterocycles. The Kier molecular flexibility index (Phi) is 4.26. The summed E-state index contributed by atoms with van der Waals surface area (Å²) < 4.78 is 1.05. The van der Waals surface area contributed by atoms with Gasteiger partial charge < -0.3 is 16.0 Å². The van der Waals surface area contributed by atoms with Crippen LogP contribution in [0.4, 0.5) is 17.6 Å². The molecule has 25 heavy (non-hydrogen) atoms. The molecule has 0 spiro atoms. The summed E-state index contributed by atoms with van der Waals surface area (Å²) in [6.07, 6.45) is 3.68. The number of nitrogens with one attached hydrogen (secondary N) is 4. The minimum absolute atomic E-state index is 0. The summed E-state index contributed by atoms with van der Waals surface area (Å²) in [7, 11) is 0. The van der Waals surface area contributed by atoms with Crippen molar-refractivity contribution in [2.75, 3.05) is 10.6 Å².